The van der Waals surface area contributed by atoms with Gasteiger partial charge in [0.15, 0.2) is 0 Å². The summed E-state index contributed by atoms with van der Waals surface area (Å²) in [6, 6.07) is 9.88. The highest BCUT2D eigenvalue weighted by molar-refractivity contribution is 6.31. The fraction of sp³-hybridized carbons (Fsp3) is 0.0435. The van der Waals surface area contributed by atoms with E-state index in [1.54, 1.807) is 24.3 Å². The number of hydrogen-bond acceptors (Lipinski definition) is 6. The Kier molecular flexibility index (Phi) is 6.88. The SMILES string of the molecule is Nc1ncc(F)cc1-c1ccc(Oc2ncc(NC(=O)Nc3ccc(C(F)(F)F)c(Cl)c3)cn2)cc1. The molecule has 36 heavy (non-hydrogen) atoms. The summed E-state index contributed by atoms with van der Waals surface area (Å²) in [7, 11) is 0. The number of urea groups is 1. The van der Waals surface area contributed by atoms with E-state index in [1.807, 2.05) is 0 Å². The van der Waals surface area contributed by atoms with E-state index in [4.69, 9.17) is 22.1 Å². The first-order valence-electron chi connectivity index (χ1n) is 10.0. The van der Waals surface area contributed by atoms with Gasteiger partial charge in [-0.1, -0.05) is 23.7 Å². The van der Waals surface area contributed by atoms with Crippen molar-refractivity contribution in [3.63, 3.8) is 0 Å². The Morgan fingerprint density at radius 2 is 1.58 bits per heavy atom. The molecule has 0 fully saturated rings. The normalized spacial score (nSPS) is 11.1. The highest BCUT2D eigenvalue weighted by atomic mass is 35.5. The van der Waals surface area contributed by atoms with Crippen molar-refractivity contribution in [2.24, 2.45) is 0 Å². The zero-order valence-corrected chi connectivity index (χ0v) is 18.7. The van der Waals surface area contributed by atoms with Crippen LogP contribution in [0.4, 0.5) is 39.5 Å². The fourth-order valence-electron chi connectivity index (χ4n) is 3.04. The highest BCUT2D eigenvalue weighted by Crippen LogP contribution is 2.36. The van der Waals surface area contributed by atoms with Crippen LogP contribution in [0.2, 0.25) is 5.02 Å². The number of hydrogen-bond donors (Lipinski definition) is 3. The molecule has 4 N–H and O–H groups in total. The number of alkyl halides is 3. The lowest BCUT2D eigenvalue weighted by Gasteiger charge is -2.11. The number of carbonyl (C=O) groups is 1. The van der Waals surface area contributed by atoms with Crippen LogP contribution < -0.4 is 21.1 Å². The van der Waals surface area contributed by atoms with Crippen LogP contribution in [0.15, 0.2) is 67.1 Å². The first-order chi connectivity index (χ1) is 17.1. The van der Waals surface area contributed by atoms with Gasteiger partial charge in [0.1, 0.15) is 17.4 Å². The largest absolute Gasteiger partial charge is 0.424 e. The molecule has 2 heterocycles. The Labute approximate surface area is 206 Å². The van der Waals surface area contributed by atoms with E-state index >= 15 is 0 Å². The van der Waals surface area contributed by atoms with E-state index in [-0.39, 0.29) is 23.2 Å². The molecule has 0 aliphatic heterocycles. The molecule has 2 aromatic heterocycles. The summed E-state index contributed by atoms with van der Waals surface area (Å²) in [5, 5.41) is 4.25. The Balaban J connectivity index is 1.35. The number of anilines is 3. The number of nitrogens with one attached hydrogen (secondary N) is 2. The zero-order chi connectivity index (χ0) is 25.9. The number of nitrogens with two attached hydrogens (primary N) is 1. The van der Waals surface area contributed by atoms with E-state index in [2.05, 4.69) is 25.6 Å². The van der Waals surface area contributed by atoms with Crippen molar-refractivity contribution in [2.45, 2.75) is 6.18 Å². The molecular formula is C23H15ClF4N6O2. The number of carbonyl (C=O) groups excluding carboxylic acids is 1. The summed E-state index contributed by atoms with van der Waals surface area (Å²) in [4.78, 5) is 23.9. The molecule has 0 atom stereocenters. The molecule has 0 unspecified atom stereocenters. The van der Waals surface area contributed by atoms with Crippen molar-refractivity contribution in [3.8, 4) is 22.9 Å². The predicted molar refractivity (Wildman–Crippen MR) is 125 cm³/mol. The number of aromatic nitrogens is 3. The molecule has 0 saturated heterocycles. The van der Waals surface area contributed by atoms with Crippen LogP contribution >= 0.6 is 11.6 Å². The minimum atomic E-state index is -4.60. The average Bonchev–Trinajstić information content (AvgIpc) is 2.82. The van der Waals surface area contributed by atoms with Crippen LogP contribution in [-0.4, -0.2) is 21.0 Å². The molecule has 0 aliphatic rings. The third-order valence-corrected chi connectivity index (χ3v) is 4.99. The summed E-state index contributed by atoms with van der Waals surface area (Å²) in [6.45, 7) is 0. The van der Waals surface area contributed by atoms with E-state index < -0.39 is 28.6 Å². The van der Waals surface area contributed by atoms with E-state index in [9.17, 15) is 22.4 Å². The summed E-state index contributed by atoms with van der Waals surface area (Å²) >= 11 is 5.65. The van der Waals surface area contributed by atoms with Crippen molar-refractivity contribution in [1.82, 2.24) is 15.0 Å². The maximum absolute atomic E-state index is 13.5. The first kappa shape index (κ1) is 24.7. The van der Waals surface area contributed by atoms with Crippen molar-refractivity contribution < 1.29 is 27.1 Å². The molecule has 0 radical (unpaired) electrons. The number of halogens is 5. The van der Waals surface area contributed by atoms with Gasteiger partial charge in [-0.2, -0.15) is 13.2 Å². The van der Waals surface area contributed by atoms with Crippen molar-refractivity contribution in [3.05, 3.63) is 83.5 Å². The van der Waals surface area contributed by atoms with Gasteiger partial charge >= 0.3 is 18.2 Å². The first-order valence-corrected chi connectivity index (χ1v) is 10.4. The maximum Gasteiger partial charge on any atom is 0.417 e. The molecule has 2 amide bonds. The predicted octanol–water partition coefficient (Wildman–Crippen LogP) is 6.37. The second kappa shape index (κ2) is 10.0. The van der Waals surface area contributed by atoms with Crippen molar-refractivity contribution in [1.29, 1.82) is 0 Å². The monoisotopic (exact) mass is 518 g/mol. The van der Waals surface area contributed by atoms with E-state index in [1.165, 1.54) is 18.5 Å². The number of benzene rings is 2. The molecule has 8 nitrogen and oxygen atoms in total. The fourth-order valence-corrected chi connectivity index (χ4v) is 3.33. The minimum absolute atomic E-state index is 0.0184. The number of nitrogens with zero attached hydrogens (tertiary/aromatic N) is 3. The second-order valence-corrected chi connectivity index (χ2v) is 7.65. The van der Waals surface area contributed by atoms with Gasteiger partial charge in [-0.3, -0.25) is 0 Å². The van der Waals surface area contributed by atoms with Gasteiger partial charge in [0.25, 0.3) is 0 Å². The smallest absolute Gasteiger partial charge is 0.417 e. The van der Waals surface area contributed by atoms with Gasteiger partial charge in [0.2, 0.25) is 0 Å². The molecule has 4 rings (SSSR count). The summed E-state index contributed by atoms with van der Waals surface area (Å²) in [6.07, 6.45) is -1.03. The molecular weight excluding hydrogens is 504 g/mol. The van der Waals surface area contributed by atoms with Gasteiger partial charge in [-0.05, 0) is 42.0 Å². The lowest BCUT2D eigenvalue weighted by Crippen LogP contribution is -2.20. The lowest BCUT2D eigenvalue weighted by atomic mass is 10.1. The van der Waals surface area contributed by atoms with Crippen LogP contribution in [0.25, 0.3) is 11.1 Å². The topological polar surface area (TPSA) is 115 Å². The molecule has 2 aromatic carbocycles. The Morgan fingerprint density at radius 1 is 0.917 bits per heavy atom. The number of pyridine rings is 1. The summed E-state index contributed by atoms with van der Waals surface area (Å²) < 4.78 is 57.4. The molecule has 0 saturated carbocycles. The van der Waals surface area contributed by atoms with Gasteiger partial charge in [0, 0.05) is 11.3 Å². The average molecular weight is 519 g/mol. The Hall–Kier alpha value is -4.45. The van der Waals surface area contributed by atoms with Gasteiger partial charge < -0.3 is 21.1 Å². The number of amides is 2. The summed E-state index contributed by atoms with van der Waals surface area (Å²) in [5.74, 6) is 0.0553. The summed E-state index contributed by atoms with van der Waals surface area (Å²) in [5.41, 5.74) is 6.11. The number of nitrogen functional groups attached to an aromatic ring is 1. The molecule has 0 aliphatic carbocycles. The third kappa shape index (κ3) is 5.96. The van der Waals surface area contributed by atoms with E-state index in [0.717, 1.165) is 24.4 Å². The van der Waals surface area contributed by atoms with Crippen LogP contribution in [0.5, 0.6) is 11.8 Å². The maximum atomic E-state index is 13.5. The van der Waals surface area contributed by atoms with Gasteiger partial charge in [-0.15, -0.1) is 0 Å². The van der Waals surface area contributed by atoms with Crippen LogP contribution in [0.1, 0.15) is 5.56 Å². The molecule has 13 heteroatoms. The number of ether oxygens (including phenoxy) is 1. The van der Waals surface area contributed by atoms with Crippen LogP contribution in [0, 0.1) is 5.82 Å². The standard InChI is InChI=1S/C23H15ClF4N6O2/c24-19-8-14(3-6-18(19)23(26,27)28)33-21(35)34-15-10-31-22(32-11-15)36-16-4-1-12(2-5-16)17-7-13(25)9-30-20(17)29/h1-11H,(H2,29,30)(H2,33,34,35). The Bertz CT molecular complexity index is 1400. The zero-order valence-electron chi connectivity index (χ0n) is 18.0. The Morgan fingerprint density at radius 3 is 2.22 bits per heavy atom. The van der Waals surface area contributed by atoms with Crippen LogP contribution in [0.3, 0.4) is 0 Å². The molecule has 0 bridgehead atoms. The van der Waals surface area contributed by atoms with Crippen LogP contribution in [-0.2, 0) is 6.18 Å². The quantitative estimate of drug-likeness (QED) is 0.264. The minimum Gasteiger partial charge on any atom is -0.424 e. The van der Waals surface area contributed by atoms with E-state index in [0.29, 0.717) is 16.9 Å². The number of rotatable bonds is 5. The molecule has 184 valence electrons. The molecule has 4 aromatic rings. The van der Waals surface area contributed by atoms with Crippen molar-refractivity contribution in [2.75, 3.05) is 16.4 Å². The third-order valence-electron chi connectivity index (χ3n) is 4.68. The second-order valence-electron chi connectivity index (χ2n) is 7.24. The van der Waals surface area contributed by atoms with Gasteiger partial charge in [-0.25, -0.2) is 24.1 Å². The molecule has 0 spiro atoms. The van der Waals surface area contributed by atoms with Crippen molar-refractivity contribution >= 4 is 34.8 Å². The highest BCUT2D eigenvalue weighted by Gasteiger charge is 2.33. The van der Waals surface area contributed by atoms with Gasteiger partial charge in [0.05, 0.1) is 34.9 Å². The lowest BCUT2D eigenvalue weighted by molar-refractivity contribution is -0.137.